The van der Waals surface area contributed by atoms with Gasteiger partial charge in [0.1, 0.15) is 17.7 Å². The van der Waals surface area contributed by atoms with E-state index in [-0.39, 0.29) is 5.56 Å². The molecular formula is C14H12ClFO2. The number of ether oxygens (including phenoxy) is 1. The van der Waals surface area contributed by atoms with Crippen LogP contribution in [0.5, 0.6) is 5.75 Å². The molecule has 0 aliphatic heterocycles. The predicted molar refractivity (Wildman–Crippen MR) is 68.5 cm³/mol. The summed E-state index contributed by atoms with van der Waals surface area (Å²) in [5, 5.41) is 10.5. The molecular weight excluding hydrogens is 255 g/mol. The number of hydrogen-bond donors (Lipinski definition) is 1. The molecule has 94 valence electrons. The molecule has 0 fully saturated rings. The van der Waals surface area contributed by atoms with Crippen molar-refractivity contribution in [2.45, 2.75) is 6.10 Å². The highest BCUT2D eigenvalue weighted by molar-refractivity contribution is 6.32. The van der Waals surface area contributed by atoms with Crippen molar-refractivity contribution in [2.24, 2.45) is 0 Å². The van der Waals surface area contributed by atoms with Gasteiger partial charge in [0.05, 0.1) is 12.1 Å². The first-order valence-electron chi connectivity index (χ1n) is 5.39. The molecule has 0 saturated heterocycles. The third kappa shape index (κ3) is 2.47. The summed E-state index contributed by atoms with van der Waals surface area (Å²) in [5.41, 5.74) is 0.740. The Labute approximate surface area is 110 Å². The number of benzene rings is 2. The lowest BCUT2D eigenvalue weighted by molar-refractivity contribution is 0.215. The number of aliphatic hydroxyl groups excluding tert-OH is 1. The summed E-state index contributed by atoms with van der Waals surface area (Å²) >= 11 is 5.97. The van der Waals surface area contributed by atoms with Crippen molar-refractivity contribution < 1.29 is 14.2 Å². The Kier molecular flexibility index (Phi) is 3.84. The summed E-state index contributed by atoms with van der Waals surface area (Å²) < 4.78 is 18.6. The zero-order valence-corrected chi connectivity index (χ0v) is 10.5. The summed E-state index contributed by atoms with van der Waals surface area (Å²) in [6, 6.07) is 11.0. The summed E-state index contributed by atoms with van der Waals surface area (Å²) in [7, 11) is 1.51. The average Bonchev–Trinajstić information content (AvgIpc) is 2.38. The monoisotopic (exact) mass is 266 g/mol. The molecule has 0 heterocycles. The molecule has 2 aromatic carbocycles. The minimum atomic E-state index is -1.05. The first-order chi connectivity index (χ1) is 8.63. The van der Waals surface area contributed by atoms with Gasteiger partial charge in [-0.25, -0.2) is 4.39 Å². The SMILES string of the molecule is COc1ccc(C(O)c2ccccc2F)cc1Cl. The van der Waals surface area contributed by atoms with Crippen LogP contribution in [0.2, 0.25) is 5.02 Å². The van der Waals surface area contributed by atoms with E-state index >= 15 is 0 Å². The molecule has 0 spiro atoms. The van der Waals surface area contributed by atoms with Gasteiger partial charge in [0.2, 0.25) is 0 Å². The van der Waals surface area contributed by atoms with Gasteiger partial charge in [-0.15, -0.1) is 0 Å². The Morgan fingerprint density at radius 3 is 2.56 bits per heavy atom. The second kappa shape index (κ2) is 5.38. The molecule has 1 atom stereocenters. The van der Waals surface area contributed by atoms with E-state index in [1.165, 1.54) is 19.2 Å². The highest BCUT2D eigenvalue weighted by Crippen LogP contribution is 2.30. The minimum Gasteiger partial charge on any atom is -0.495 e. The van der Waals surface area contributed by atoms with Crippen molar-refractivity contribution in [1.29, 1.82) is 0 Å². The van der Waals surface area contributed by atoms with Crippen molar-refractivity contribution in [3.05, 3.63) is 64.4 Å². The first-order valence-corrected chi connectivity index (χ1v) is 5.77. The quantitative estimate of drug-likeness (QED) is 0.920. The summed E-state index contributed by atoms with van der Waals surface area (Å²) in [4.78, 5) is 0. The molecule has 2 rings (SSSR count). The van der Waals surface area contributed by atoms with Gasteiger partial charge < -0.3 is 9.84 Å². The molecule has 4 heteroatoms. The van der Waals surface area contributed by atoms with Gasteiger partial charge in [-0.05, 0) is 23.8 Å². The minimum absolute atomic E-state index is 0.221. The molecule has 2 aromatic rings. The molecule has 0 radical (unpaired) electrons. The van der Waals surface area contributed by atoms with Gasteiger partial charge in [-0.1, -0.05) is 35.9 Å². The lowest BCUT2D eigenvalue weighted by Crippen LogP contribution is -2.02. The Morgan fingerprint density at radius 1 is 1.22 bits per heavy atom. The van der Waals surface area contributed by atoms with E-state index in [0.29, 0.717) is 16.3 Å². The van der Waals surface area contributed by atoms with Gasteiger partial charge in [-0.3, -0.25) is 0 Å². The lowest BCUT2D eigenvalue weighted by atomic mass is 10.0. The Balaban J connectivity index is 2.37. The molecule has 0 aromatic heterocycles. The normalized spacial score (nSPS) is 12.2. The number of methoxy groups -OCH3 is 1. The van der Waals surface area contributed by atoms with Gasteiger partial charge in [0, 0.05) is 5.56 Å². The predicted octanol–water partition coefficient (Wildman–Crippen LogP) is 3.57. The maximum absolute atomic E-state index is 13.6. The fourth-order valence-electron chi connectivity index (χ4n) is 1.73. The third-order valence-corrected chi connectivity index (χ3v) is 2.99. The van der Waals surface area contributed by atoms with Crippen molar-refractivity contribution in [3.63, 3.8) is 0 Å². The van der Waals surface area contributed by atoms with Gasteiger partial charge >= 0.3 is 0 Å². The van der Waals surface area contributed by atoms with Crippen LogP contribution in [0.15, 0.2) is 42.5 Å². The van der Waals surface area contributed by atoms with Crippen LogP contribution in [0.3, 0.4) is 0 Å². The standard InChI is InChI=1S/C14H12ClFO2/c1-18-13-7-6-9(8-11(13)15)14(17)10-4-2-3-5-12(10)16/h2-8,14,17H,1H3. The lowest BCUT2D eigenvalue weighted by Gasteiger charge is -2.13. The average molecular weight is 267 g/mol. The fraction of sp³-hybridized carbons (Fsp3) is 0.143. The Morgan fingerprint density at radius 2 is 1.94 bits per heavy atom. The molecule has 1 N–H and O–H groups in total. The van der Waals surface area contributed by atoms with Crippen molar-refractivity contribution >= 4 is 11.6 Å². The van der Waals surface area contributed by atoms with Crippen molar-refractivity contribution in [1.82, 2.24) is 0 Å². The smallest absolute Gasteiger partial charge is 0.137 e. The van der Waals surface area contributed by atoms with Crippen LogP contribution in [-0.4, -0.2) is 12.2 Å². The second-order valence-corrected chi connectivity index (χ2v) is 4.23. The van der Waals surface area contributed by atoms with Crippen LogP contribution < -0.4 is 4.74 Å². The summed E-state index contributed by atoms with van der Waals surface area (Å²) in [5.74, 6) is 0.0677. The van der Waals surface area contributed by atoms with Crippen LogP contribution in [0, 0.1) is 5.82 Å². The van der Waals surface area contributed by atoms with E-state index in [2.05, 4.69) is 0 Å². The van der Waals surface area contributed by atoms with Crippen LogP contribution in [0.4, 0.5) is 4.39 Å². The van der Waals surface area contributed by atoms with Crippen molar-refractivity contribution in [2.75, 3.05) is 7.11 Å². The molecule has 0 bridgehead atoms. The fourth-order valence-corrected chi connectivity index (χ4v) is 2.00. The molecule has 1 unspecified atom stereocenters. The zero-order valence-electron chi connectivity index (χ0n) is 9.73. The molecule has 0 aliphatic rings. The first kappa shape index (κ1) is 12.9. The van der Waals surface area contributed by atoms with Crippen LogP contribution in [0.25, 0.3) is 0 Å². The van der Waals surface area contributed by atoms with Crippen LogP contribution >= 0.6 is 11.6 Å². The van der Waals surface area contributed by atoms with E-state index < -0.39 is 11.9 Å². The van der Waals surface area contributed by atoms with E-state index in [9.17, 15) is 9.50 Å². The zero-order chi connectivity index (χ0) is 13.1. The molecule has 2 nitrogen and oxygen atoms in total. The van der Waals surface area contributed by atoms with Gasteiger partial charge in [0.25, 0.3) is 0 Å². The number of hydrogen-bond acceptors (Lipinski definition) is 2. The van der Waals surface area contributed by atoms with E-state index in [4.69, 9.17) is 16.3 Å². The van der Waals surface area contributed by atoms with Crippen molar-refractivity contribution in [3.8, 4) is 5.75 Å². The van der Waals surface area contributed by atoms with E-state index in [0.717, 1.165) is 0 Å². The highest BCUT2D eigenvalue weighted by Gasteiger charge is 2.15. The third-order valence-electron chi connectivity index (χ3n) is 2.69. The second-order valence-electron chi connectivity index (χ2n) is 3.82. The maximum Gasteiger partial charge on any atom is 0.137 e. The summed E-state index contributed by atoms with van der Waals surface area (Å²) in [6.45, 7) is 0. The number of aliphatic hydroxyl groups is 1. The van der Waals surface area contributed by atoms with E-state index in [1.54, 1.807) is 30.3 Å². The van der Waals surface area contributed by atoms with E-state index in [1.807, 2.05) is 0 Å². The Hall–Kier alpha value is -1.58. The molecule has 0 saturated carbocycles. The topological polar surface area (TPSA) is 29.5 Å². The number of halogens is 2. The highest BCUT2D eigenvalue weighted by atomic mass is 35.5. The van der Waals surface area contributed by atoms with Crippen LogP contribution in [-0.2, 0) is 0 Å². The molecule has 0 aliphatic carbocycles. The Bertz CT molecular complexity index is 557. The number of rotatable bonds is 3. The van der Waals surface area contributed by atoms with Gasteiger partial charge in [-0.2, -0.15) is 0 Å². The summed E-state index contributed by atoms with van der Waals surface area (Å²) in [6.07, 6.45) is -1.05. The molecule has 0 amide bonds. The van der Waals surface area contributed by atoms with Gasteiger partial charge in [0.15, 0.2) is 0 Å². The molecule has 18 heavy (non-hydrogen) atoms. The largest absolute Gasteiger partial charge is 0.495 e. The maximum atomic E-state index is 13.6. The van der Waals surface area contributed by atoms with Crippen LogP contribution in [0.1, 0.15) is 17.2 Å².